The Labute approximate surface area is 114 Å². The summed E-state index contributed by atoms with van der Waals surface area (Å²) >= 11 is 0. The predicted molar refractivity (Wildman–Crippen MR) is 67.4 cm³/mol. The molecule has 0 spiro atoms. The number of halogens is 1. The van der Waals surface area contributed by atoms with Crippen molar-refractivity contribution < 1.29 is 23.8 Å². The number of carboxylic acids is 1. The van der Waals surface area contributed by atoms with Crippen LogP contribution < -0.4 is 5.32 Å². The largest absolute Gasteiger partial charge is 0.481 e. The van der Waals surface area contributed by atoms with Crippen LogP contribution >= 0.6 is 0 Å². The number of nitrogens with one attached hydrogen (secondary N) is 1. The summed E-state index contributed by atoms with van der Waals surface area (Å²) in [5.41, 5.74) is 0.297. The highest BCUT2D eigenvalue weighted by molar-refractivity contribution is 5.96. The maximum Gasteiger partial charge on any atom is 0.310 e. The van der Waals surface area contributed by atoms with Crippen molar-refractivity contribution in [3.63, 3.8) is 0 Å². The lowest BCUT2D eigenvalue weighted by Gasteiger charge is -2.20. The smallest absolute Gasteiger partial charge is 0.310 e. The second-order valence-corrected chi connectivity index (χ2v) is 4.84. The molecule has 2 heterocycles. The minimum absolute atomic E-state index is 0.297. The summed E-state index contributed by atoms with van der Waals surface area (Å²) in [5, 5.41) is 11.7. The number of benzene rings is 1. The van der Waals surface area contributed by atoms with E-state index in [-0.39, 0.29) is 0 Å². The SMILES string of the molecule is O=C(Nc1cccc(F)c1)[C@@H]1[C@@H](C(=O)O)[C@H]2C=C[C@@H]1O2. The third-order valence-electron chi connectivity index (χ3n) is 3.58. The van der Waals surface area contributed by atoms with Crippen LogP contribution in [0.25, 0.3) is 0 Å². The summed E-state index contributed by atoms with van der Waals surface area (Å²) in [7, 11) is 0. The van der Waals surface area contributed by atoms with E-state index in [2.05, 4.69) is 5.32 Å². The third kappa shape index (κ3) is 2.08. The first-order chi connectivity index (χ1) is 9.56. The molecule has 20 heavy (non-hydrogen) atoms. The summed E-state index contributed by atoms with van der Waals surface area (Å²) in [4.78, 5) is 23.5. The van der Waals surface area contributed by atoms with E-state index in [4.69, 9.17) is 4.74 Å². The Bertz CT molecular complexity index is 601. The van der Waals surface area contributed by atoms with Crippen molar-refractivity contribution in [2.75, 3.05) is 5.32 Å². The minimum Gasteiger partial charge on any atom is -0.481 e. The normalized spacial score (nSPS) is 30.4. The number of hydrogen-bond donors (Lipinski definition) is 2. The van der Waals surface area contributed by atoms with Crippen molar-refractivity contribution in [3.05, 3.63) is 42.2 Å². The second kappa shape index (κ2) is 4.72. The van der Waals surface area contributed by atoms with Gasteiger partial charge in [-0.2, -0.15) is 0 Å². The lowest BCUT2D eigenvalue weighted by molar-refractivity contribution is -0.145. The van der Waals surface area contributed by atoms with Gasteiger partial charge < -0.3 is 15.2 Å². The van der Waals surface area contributed by atoms with E-state index < -0.39 is 41.7 Å². The molecule has 0 aliphatic carbocycles. The molecular formula is C14H12FNO4. The monoisotopic (exact) mass is 277 g/mol. The standard InChI is InChI=1S/C14H12FNO4/c15-7-2-1-3-8(6-7)16-13(17)11-9-4-5-10(20-9)12(11)14(18)19/h1-6,9-12H,(H,16,17)(H,18,19)/t9-,10+,11-,12-/m0/s1. The van der Waals surface area contributed by atoms with Crippen LogP contribution in [0.1, 0.15) is 0 Å². The highest BCUT2D eigenvalue weighted by atomic mass is 19.1. The summed E-state index contributed by atoms with van der Waals surface area (Å²) < 4.78 is 18.5. The van der Waals surface area contributed by atoms with Gasteiger partial charge in [0.15, 0.2) is 0 Å². The van der Waals surface area contributed by atoms with Crippen LogP contribution in [0.3, 0.4) is 0 Å². The van der Waals surface area contributed by atoms with Gasteiger partial charge in [-0.05, 0) is 18.2 Å². The Morgan fingerprint density at radius 1 is 1.20 bits per heavy atom. The molecule has 2 N–H and O–H groups in total. The molecule has 6 heteroatoms. The molecule has 0 radical (unpaired) electrons. The average Bonchev–Trinajstić information content (AvgIpc) is 2.98. The first-order valence-corrected chi connectivity index (χ1v) is 6.19. The maximum absolute atomic E-state index is 13.1. The van der Waals surface area contributed by atoms with Crippen molar-refractivity contribution in [2.24, 2.45) is 11.8 Å². The van der Waals surface area contributed by atoms with Gasteiger partial charge in [-0.3, -0.25) is 9.59 Å². The van der Waals surface area contributed by atoms with Crippen LogP contribution in [0.2, 0.25) is 0 Å². The predicted octanol–water partition coefficient (Wildman–Crippen LogP) is 1.42. The molecule has 4 atom stereocenters. The van der Waals surface area contributed by atoms with Gasteiger partial charge in [0, 0.05) is 5.69 Å². The molecule has 0 aromatic heterocycles. The molecule has 1 aromatic carbocycles. The van der Waals surface area contributed by atoms with E-state index >= 15 is 0 Å². The molecule has 2 bridgehead atoms. The molecule has 1 fully saturated rings. The van der Waals surface area contributed by atoms with E-state index in [1.165, 1.54) is 18.2 Å². The summed E-state index contributed by atoms with van der Waals surface area (Å²) in [6.07, 6.45) is 2.26. The van der Waals surface area contributed by atoms with Gasteiger partial charge in [-0.25, -0.2) is 4.39 Å². The van der Waals surface area contributed by atoms with Crippen molar-refractivity contribution in [3.8, 4) is 0 Å². The van der Waals surface area contributed by atoms with Crippen LogP contribution in [0.15, 0.2) is 36.4 Å². The van der Waals surface area contributed by atoms with Gasteiger partial charge in [0.2, 0.25) is 5.91 Å². The molecule has 5 nitrogen and oxygen atoms in total. The number of aliphatic carboxylic acids is 1. The molecule has 3 rings (SSSR count). The van der Waals surface area contributed by atoms with Gasteiger partial charge in [-0.15, -0.1) is 0 Å². The van der Waals surface area contributed by atoms with E-state index in [0.29, 0.717) is 5.69 Å². The fraction of sp³-hybridized carbons (Fsp3) is 0.286. The van der Waals surface area contributed by atoms with Crippen molar-refractivity contribution in [1.82, 2.24) is 0 Å². The first-order valence-electron chi connectivity index (χ1n) is 6.19. The molecule has 2 aliphatic rings. The van der Waals surface area contributed by atoms with E-state index in [1.54, 1.807) is 18.2 Å². The number of ether oxygens (including phenoxy) is 1. The molecule has 1 amide bonds. The fourth-order valence-corrected chi connectivity index (χ4v) is 2.71. The number of hydrogen-bond acceptors (Lipinski definition) is 3. The Morgan fingerprint density at radius 3 is 2.55 bits per heavy atom. The zero-order chi connectivity index (χ0) is 14.3. The van der Waals surface area contributed by atoms with Crippen LogP contribution in [0.5, 0.6) is 0 Å². The summed E-state index contributed by atoms with van der Waals surface area (Å²) in [5.74, 6) is -3.72. The van der Waals surface area contributed by atoms with Crippen LogP contribution in [0.4, 0.5) is 10.1 Å². The van der Waals surface area contributed by atoms with Crippen molar-refractivity contribution in [2.45, 2.75) is 12.2 Å². The van der Waals surface area contributed by atoms with E-state index in [1.807, 2.05) is 0 Å². The number of fused-ring (bicyclic) bond motifs is 2. The van der Waals surface area contributed by atoms with Crippen LogP contribution in [-0.2, 0) is 14.3 Å². The Balaban J connectivity index is 1.80. The number of carbonyl (C=O) groups is 2. The zero-order valence-electron chi connectivity index (χ0n) is 10.3. The van der Waals surface area contributed by atoms with E-state index in [0.717, 1.165) is 0 Å². The Kier molecular flexibility index (Phi) is 3.02. The fourth-order valence-electron chi connectivity index (χ4n) is 2.71. The van der Waals surface area contributed by atoms with Gasteiger partial charge in [-0.1, -0.05) is 18.2 Å². The molecule has 104 valence electrons. The molecular weight excluding hydrogens is 265 g/mol. The van der Waals surface area contributed by atoms with Gasteiger partial charge >= 0.3 is 5.97 Å². The highest BCUT2D eigenvalue weighted by Gasteiger charge is 2.53. The summed E-state index contributed by atoms with van der Waals surface area (Å²) in [6.45, 7) is 0. The van der Waals surface area contributed by atoms with Crippen LogP contribution in [-0.4, -0.2) is 29.2 Å². The lowest BCUT2D eigenvalue weighted by Crippen LogP contribution is -2.39. The van der Waals surface area contributed by atoms with Gasteiger partial charge in [0.05, 0.1) is 18.1 Å². The number of rotatable bonds is 3. The quantitative estimate of drug-likeness (QED) is 0.819. The summed E-state index contributed by atoms with van der Waals surface area (Å²) in [6, 6.07) is 5.45. The number of amides is 1. The van der Waals surface area contributed by atoms with Crippen LogP contribution in [0, 0.1) is 17.7 Å². The molecule has 0 unspecified atom stereocenters. The first kappa shape index (κ1) is 12.8. The molecule has 0 saturated carbocycles. The minimum atomic E-state index is -1.07. The second-order valence-electron chi connectivity index (χ2n) is 4.84. The third-order valence-corrected chi connectivity index (χ3v) is 3.58. The lowest BCUT2D eigenvalue weighted by atomic mass is 9.82. The number of carboxylic acid groups (broad SMARTS) is 1. The van der Waals surface area contributed by atoms with Crippen molar-refractivity contribution >= 4 is 17.6 Å². The Hall–Kier alpha value is -2.21. The van der Waals surface area contributed by atoms with Gasteiger partial charge in [0.25, 0.3) is 0 Å². The number of anilines is 1. The molecule has 1 saturated heterocycles. The topological polar surface area (TPSA) is 75.6 Å². The van der Waals surface area contributed by atoms with Gasteiger partial charge in [0.1, 0.15) is 11.7 Å². The maximum atomic E-state index is 13.1. The van der Waals surface area contributed by atoms with E-state index in [9.17, 15) is 19.1 Å². The van der Waals surface area contributed by atoms with Crippen molar-refractivity contribution in [1.29, 1.82) is 0 Å². The molecule has 1 aromatic rings. The Morgan fingerprint density at radius 2 is 1.90 bits per heavy atom. The zero-order valence-corrected chi connectivity index (χ0v) is 10.3. The number of carbonyl (C=O) groups excluding carboxylic acids is 1. The highest BCUT2D eigenvalue weighted by Crippen LogP contribution is 2.39. The molecule has 2 aliphatic heterocycles. The average molecular weight is 277 g/mol.